The normalized spacial score (nSPS) is 12.0. The monoisotopic (exact) mass is 724 g/mol. The first-order valence-corrected chi connectivity index (χ1v) is 21.9. The number of hydrogen-bond acceptors (Lipinski definition) is 6. The molecule has 0 aliphatic heterocycles. The van der Waals surface area contributed by atoms with Crippen LogP contribution >= 0.6 is 75.0 Å². The Balaban J connectivity index is 4.56. The Morgan fingerprint density at radius 1 is 0.455 bits per heavy atom. The largest absolute Gasteiger partial charge is 0.366 e. The topological polar surface area (TPSA) is 6.48 Å². The van der Waals surface area contributed by atoms with Gasteiger partial charge in [-0.1, -0.05) is 108 Å². The Labute approximate surface area is 308 Å². The zero-order chi connectivity index (χ0) is 32.5. The Hall–Kier alpha value is 1.18. The van der Waals surface area contributed by atoms with Crippen molar-refractivity contribution in [3.05, 3.63) is 0 Å². The Bertz CT molecular complexity index is 616. The van der Waals surface area contributed by atoms with E-state index >= 15 is 0 Å². The molecular formula is C36H72N2S6. The molecule has 0 aromatic carbocycles. The van der Waals surface area contributed by atoms with Crippen LogP contribution in [0.3, 0.4) is 0 Å². The minimum Gasteiger partial charge on any atom is -0.366 e. The highest BCUT2D eigenvalue weighted by atomic mass is 32.1. The molecule has 262 valence electrons. The van der Waals surface area contributed by atoms with Gasteiger partial charge in [-0.15, -0.1) is 0 Å². The summed E-state index contributed by atoms with van der Waals surface area (Å²) in [4.78, 5) is 7.48. The summed E-state index contributed by atoms with van der Waals surface area (Å²) in [5, 5.41) is 0. The van der Waals surface area contributed by atoms with E-state index in [0.29, 0.717) is 5.92 Å². The molecule has 0 rings (SSSR count). The lowest BCUT2D eigenvalue weighted by Gasteiger charge is -2.31. The maximum atomic E-state index is 6.23. The van der Waals surface area contributed by atoms with Crippen LogP contribution in [0.2, 0.25) is 0 Å². The van der Waals surface area contributed by atoms with E-state index in [1.165, 1.54) is 158 Å². The van der Waals surface area contributed by atoms with Gasteiger partial charge in [-0.3, -0.25) is 0 Å². The van der Waals surface area contributed by atoms with E-state index in [1.807, 2.05) is 0 Å². The fourth-order valence-electron chi connectivity index (χ4n) is 5.88. The molecule has 0 N–H and O–H groups in total. The molecule has 0 aliphatic rings. The van der Waals surface area contributed by atoms with Crippen LogP contribution in [0.25, 0.3) is 0 Å². The van der Waals surface area contributed by atoms with Crippen LogP contribution in [-0.4, -0.2) is 69.0 Å². The lowest BCUT2D eigenvalue weighted by Crippen LogP contribution is -2.36. The van der Waals surface area contributed by atoms with Crippen molar-refractivity contribution in [3.63, 3.8) is 0 Å². The highest BCUT2D eigenvalue weighted by Gasteiger charge is 2.20. The van der Waals surface area contributed by atoms with E-state index in [2.05, 4.69) is 67.2 Å². The minimum absolute atomic E-state index is 0.577. The average molecular weight is 725 g/mol. The van der Waals surface area contributed by atoms with Crippen molar-refractivity contribution in [3.8, 4) is 0 Å². The Kier molecular flexibility index (Phi) is 36.4. The van der Waals surface area contributed by atoms with Crippen LogP contribution in [-0.2, 0) is 0 Å². The third-order valence-electron chi connectivity index (χ3n) is 8.71. The van der Waals surface area contributed by atoms with Gasteiger partial charge in [0.25, 0.3) is 0 Å². The van der Waals surface area contributed by atoms with E-state index in [4.69, 9.17) is 24.4 Å². The Morgan fingerprint density at radius 3 is 1.23 bits per heavy atom. The van der Waals surface area contributed by atoms with Gasteiger partial charge in [0.05, 0.1) is 9.98 Å². The van der Waals surface area contributed by atoms with Crippen LogP contribution in [0.5, 0.6) is 0 Å². The van der Waals surface area contributed by atoms with Crippen LogP contribution in [0.1, 0.15) is 161 Å². The summed E-state index contributed by atoms with van der Waals surface area (Å²) in [6.45, 7) is 6.70. The summed E-state index contributed by atoms with van der Waals surface area (Å²) in [6, 6.07) is 0. The van der Waals surface area contributed by atoms with Crippen molar-refractivity contribution in [1.29, 1.82) is 0 Å². The van der Waals surface area contributed by atoms with Gasteiger partial charge in [0.15, 0.2) is 0 Å². The smallest absolute Gasteiger partial charge is 0.0810 e. The molecule has 0 aromatic heterocycles. The number of hydrogen-bond donors (Lipinski definition) is 4. The SMILES string of the molecule is CCCCCCCCC(CCCCCCCCCC(=S)N(CCCCS)CCCCS)C(=S)N(CCCCS)CCCCS. The molecule has 0 fully saturated rings. The second kappa shape index (κ2) is 35.5. The predicted octanol–water partition coefficient (Wildman–Crippen LogP) is 12.0. The lowest BCUT2D eigenvalue weighted by atomic mass is 9.93. The number of thiol groups is 4. The summed E-state index contributed by atoms with van der Waals surface area (Å²) < 4.78 is 0. The van der Waals surface area contributed by atoms with Gasteiger partial charge in [0.2, 0.25) is 0 Å². The van der Waals surface area contributed by atoms with Crippen molar-refractivity contribution in [2.75, 3.05) is 49.2 Å². The summed E-state index contributed by atoms with van der Waals surface area (Å²) in [7, 11) is 0. The standard InChI is InChI=1S/C36H72N2S6/c1-2-3-4-5-9-12-23-34(36(44)38(28-17-21-32-41)29-18-22-33-42)24-13-10-7-6-8-11-14-25-35(43)37(26-15-19-30-39)27-16-20-31-40/h34,39-42H,2-33H2,1H3. The number of unbranched alkanes of at least 4 members (excludes halogenated alkanes) is 15. The van der Waals surface area contributed by atoms with Crippen LogP contribution in [0.4, 0.5) is 0 Å². The molecule has 0 aliphatic carbocycles. The molecule has 2 nitrogen and oxygen atoms in total. The van der Waals surface area contributed by atoms with Gasteiger partial charge in [0, 0.05) is 32.1 Å². The van der Waals surface area contributed by atoms with E-state index in [1.54, 1.807) is 0 Å². The molecule has 0 amide bonds. The minimum atomic E-state index is 0.577. The average Bonchev–Trinajstić information content (AvgIpc) is 3.03. The number of nitrogens with zero attached hydrogens (tertiary/aromatic N) is 2. The third-order valence-corrected chi connectivity index (χ3v) is 11.0. The second-order valence-electron chi connectivity index (χ2n) is 12.7. The Morgan fingerprint density at radius 2 is 0.818 bits per heavy atom. The van der Waals surface area contributed by atoms with E-state index in [0.717, 1.165) is 55.6 Å². The van der Waals surface area contributed by atoms with Gasteiger partial charge in [-0.05, 0) is 100 Å². The first-order chi connectivity index (χ1) is 21.5. The number of thiocarbonyl (C=S) groups is 2. The molecule has 0 bridgehead atoms. The highest BCUT2D eigenvalue weighted by Crippen LogP contribution is 2.24. The zero-order valence-corrected chi connectivity index (χ0v) is 33.9. The first kappa shape index (κ1) is 45.2. The molecule has 1 atom stereocenters. The van der Waals surface area contributed by atoms with Gasteiger partial charge < -0.3 is 9.80 Å². The molecule has 0 saturated carbocycles. The zero-order valence-electron chi connectivity index (χ0n) is 28.7. The third kappa shape index (κ3) is 27.2. The summed E-state index contributed by atoms with van der Waals surface area (Å²) in [5.74, 6) is 4.45. The van der Waals surface area contributed by atoms with Gasteiger partial charge in [-0.2, -0.15) is 50.5 Å². The molecule has 0 saturated heterocycles. The molecule has 0 heterocycles. The van der Waals surface area contributed by atoms with Crippen molar-refractivity contribution >= 4 is 84.9 Å². The summed E-state index contributed by atoms with van der Waals surface area (Å²) >= 11 is 29.7. The highest BCUT2D eigenvalue weighted by molar-refractivity contribution is 7.81. The summed E-state index contributed by atoms with van der Waals surface area (Å²) in [5.41, 5.74) is 0. The molecule has 0 spiro atoms. The molecular weight excluding hydrogens is 653 g/mol. The summed E-state index contributed by atoms with van der Waals surface area (Å²) in [6.07, 6.45) is 30.5. The first-order valence-electron chi connectivity index (χ1n) is 18.6. The molecule has 0 aromatic rings. The van der Waals surface area contributed by atoms with Crippen LogP contribution in [0.15, 0.2) is 0 Å². The van der Waals surface area contributed by atoms with E-state index in [9.17, 15) is 0 Å². The van der Waals surface area contributed by atoms with Crippen LogP contribution < -0.4 is 0 Å². The van der Waals surface area contributed by atoms with Gasteiger partial charge >= 0.3 is 0 Å². The molecule has 8 heteroatoms. The molecule has 0 radical (unpaired) electrons. The van der Waals surface area contributed by atoms with Crippen molar-refractivity contribution in [2.45, 2.75) is 161 Å². The lowest BCUT2D eigenvalue weighted by molar-refractivity contribution is 0.368. The maximum absolute atomic E-state index is 6.23. The maximum Gasteiger partial charge on any atom is 0.0810 e. The number of rotatable bonds is 34. The fraction of sp³-hybridized carbons (Fsp3) is 0.944. The van der Waals surface area contributed by atoms with Crippen molar-refractivity contribution in [1.82, 2.24) is 9.80 Å². The van der Waals surface area contributed by atoms with Gasteiger partial charge in [-0.25, -0.2) is 0 Å². The van der Waals surface area contributed by atoms with Crippen LogP contribution in [0, 0.1) is 5.92 Å². The second-order valence-corrected chi connectivity index (χ2v) is 15.4. The quantitative estimate of drug-likeness (QED) is 0.0298. The van der Waals surface area contributed by atoms with Gasteiger partial charge in [0.1, 0.15) is 0 Å². The van der Waals surface area contributed by atoms with Crippen molar-refractivity contribution < 1.29 is 0 Å². The molecule has 1 unspecified atom stereocenters. The predicted molar refractivity (Wildman–Crippen MR) is 224 cm³/mol. The van der Waals surface area contributed by atoms with E-state index < -0.39 is 0 Å². The fourth-order valence-corrected chi connectivity index (χ4v) is 7.52. The molecule has 44 heavy (non-hydrogen) atoms. The van der Waals surface area contributed by atoms with Crippen molar-refractivity contribution in [2.24, 2.45) is 5.92 Å². The van der Waals surface area contributed by atoms with E-state index in [-0.39, 0.29) is 0 Å².